The predicted octanol–water partition coefficient (Wildman–Crippen LogP) is 1.32. The second kappa shape index (κ2) is 8.00. The highest BCUT2D eigenvalue weighted by atomic mass is 32.2. The van der Waals surface area contributed by atoms with Crippen LogP contribution in [0.5, 0.6) is 11.5 Å². The largest absolute Gasteiger partial charge is 0.496 e. The molecule has 7 nitrogen and oxygen atoms in total. The minimum atomic E-state index is -3.70. The third-order valence-electron chi connectivity index (χ3n) is 3.61. The second-order valence-corrected chi connectivity index (χ2v) is 6.79. The van der Waals surface area contributed by atoms with Crippen LogP contribution in [0.4, 0.5) is 0 Å². The molecular weight excluding hydrogens is 344 g/mol. The van der Waals surface area contributed by atoms with E-state index >= 15 is 0 Å². The lowest BCUT2D eigenvalue weighted by atomic mass is 10.1. The van der Waals surface area contributed by atoms with Crippen molar-refractivity contribution in [3.8, 4) is 11.5 Å². The Morgan fingerprint density at radius 2 is 1.60 bits per heavy atom. The standard InChI is InChI=1S/C17H20N2O5S/c1-23-14-4-3-5-15(24-2)16(14)17(20)19-11-10-12-6-8-13(9-7-12)25(18,21)22/h3-9H,10-11H2,1-2H3,(H,19,20)(H2,18,21,22). The molecule has 0 unspecified atom stereocenters. The van der Waals surface area contributed by atoms with Gasteiger partial charge in [0.1, 0.15) is 17.1 Å². The molecule has 0 aliphatic heterocycles. The first-order valence-electron chi connectivity index (χ1n) is 7.47. The molecule has 0 saturated carbocycles. The number of carbonyl (C=O) groups excluding carboxylic acids is 1. The van der Waals surface area contributed by atoms with Crippen LogP contribution in [0.3, 0.4) is 0 Å². The number of sulfonamides is 1. The molecule has 25 heavy (non-hydrogen) atoms. The average Bonchev–Trinajstić information content (AvgIpc) is 2.60. The highest BCUT2D eigenvalue weighted by molar-refractivity contribution is 7.89. The fourth-order valence-electron chi connectivity index (χ4n) is 2.33. The lowest BCUT2D eigenvalue weighted by molar-refractivity contribution is 0.0948. The first-order chi connectivity index (χ1) is 11.9. The van der Waals surface area contributed by atoms with Crippen LogP contribution in [0, 0.1) is 0 Å². The van der Waals surface area contributed by atoms with Gasteiger partial charge in [-0.05, 0) is 36.2 Å². The summed E-state index contributed by atoms with van der Waals surface area (Å²) in [6.07, 6.45) is 0.536. The van der Waals surface area contributed by atoms with E-state index in [1.54, 1.807) is 30.3 Å². The molecule has 0 spiro atoms. The van der Waals surface area contributed by atoms with Crippen LogP contribution >= 0.6 is 0 Å². The lowest BCUT2D eigenvalue weighted by Gasteiger charge is -2.13. The Balaban J connectivity index is 2.02. The van der Waals surface area contributed by atoms with Crippen molar-refractivity contribution in [1.82, 2.24) is 5.32 Å². The molecule has 8 heteroatoms. The van der Waals surface area contributed by atoms with Gasteiger partial charge in [-0.3, -0.25) is 4.79 Å². The first kappa shape index (κ1) is 18.8. The Hall–Kier alpha value is -2.58. The zero-order chi connectivity index (χ0) is 18.4. The number of hydrogen-bond acceptors (Lipinski definition) is 5. The highest BCUT2D eigenvalue weighted by Gasteiger charge is 2.17. The summed E-state index contributed by atoms with van der Waals surface area (Å²) in [6, 6.07) is 11.3. The van der Waals surface area contributed by atoms with Crippen LogP contribution in [-0.2, 0) is 16.4 Å². The van der Waals surface area contributed by atoms with Gasteiger partial charge < -0.3 is 14.8 Å². The van der Waals surface area contributed by atoms with E-state index in [0.717, 1.165) is 5.56 Å². The SMILES string of the molecule is COc1cccc(OC)c1C(=O)NCCc1ccc(S(N)(=O)=O)cc1. The fourth-order valence-corrected chi connectivity index (χ4v) is 2.84. The van der Waals surface area contributed by atoms with Crippen molar-refractivity contribution in [2.24, 2.45) is 5.14 Å². The van der Waals surface area contributed by atoms with E-state index in [4.69, 9.17) is 14.6 Å². The third-order valence-corrected chi connectivity index (χ3v) is 4.54. The van der Waals surface area contributed by atoms with E-state index < -0.39 is 10.0 Å². The molecule has 2 aromatic rings. The predicted molar refractivity (Wildman–Crippen MR) is 93.4 cm³/mol. The molecule has 0 radical (unpaired) electrons. The summed E-state index contributed by atoms with van der Waals surface area (Å²) in [5.41, 5.74) is 1.21. The van der Waals surface area contributed by atoms with E-state index in [9.17, 15) is 13.2 Å². The fraction of sp³-hybridized carbons (Fsp3) is 0.235. The minimum Gasteiger partial charge on any atom is -0.496 e. The van der Waals surface area contributed by atoms with E-state index in [0.29, 0.717) is 30.0 Å². The van der Waals surface area contributed by atoms with Gasteiger partial charge in [-0.15, -0.1) is 0 Å². The van der Waals surface area contributed by atoms with E-state index in [-0.39, 0.29) is 10.8 Å². The number of amides is 1. The molecule has 2 rings (SSSR count). The maximum Gasteiger partial charge on any atom is 0.258 e. The second-order valence-electron chi connectivity index (χ2n) is 5.23. The van der Waals surface area contributed by atoms with Gasteiger partial charge in [0, 0.05) is 6.54 Å². The Morgan fingerprint density at radius 3 is 2.08 bits per heavy atom. The van der Waals surface area contributed by atoms with Crippen LogP contribution in [0.2, 0.25) is 0 Å². The lowest BCUT2D eigenvalue weighted by Crippen LogP contribution is -2.26. The molecule has 2 aromatic carbocycles. The first-order valence-corrected chi connectivity index (χ1v) is 9.02. The molecule has 3 N–H and O–H groups in total. The Kier molecular flexibility index (Phi) is 6.00. The van der Waals surface area contributed by atoms with Crippen molar-refractivity contribution in [1.29, 1.82) is 0 Å². The van der Waals surface area contributed by atoms with Gasteiger partial charge in [0.05, 0.1) is 19.1 Å². The van der Waals surface area contributed by atoms with Crippen molar-refractivity contribution in [2.75, 3.05) is 20.8 Å². The van der Waals surface area contributed by atoms with Gasteiger partial charge in [0.25, 0.3) is 5.91 Å². The van der Waals surface area contributed by atoms with Gasteiger partial charge in [0.2, 0.25) is 10.0 Å². The topological polar surface area (TPSA) is 108 Å². The van der Waals surface area contributed by atoms with Gasteiger partial charge in [-0.1, -0.05) is 18.2 Å². The van der Waals surface area contributed by atoms with E-state index in [2.05, 4.69) is 5.32 Å². The summed E-state index contributed by atoms with van der Waals surface area (Å²) in [5.74, 6) is 0.541. The monoisotopic (exact) mass is 364 g/mol. The molecule has 0 bridgehead atoms. The molecule has 0 atom stereocenters. The summed E-state index contributed by atoms with van der Waals surface area (Å²) < 4.78 is 32.9. The third kappa shape index (κ3) is 4.71. The average molecular weight is 364 g/mol. The zero-order valence-corrected chi connectivity index (χ0v) is 14.8. The van der Waals surface area contributed by atoms with Gasteiger partial charge >= 0.3 is 0 Å². The van der Waals surface area contributed by atoms with Gasteiger partial charge in [-0.2, -0.15) is 0 Å². The van der Waals surface area contributed by atoms with Crippen molar-refractivity contribution in [3.63, 3.8) is 0 Å². The summed E-state index contributed by atoms with van der Waals surface area (Å²) in [7, 11) is -0.733. The summed E-state index contributed by atoms with van der Waals surface area (Å²) >= 11 is 0. The Bertz CT molecular complexity index is 826. The van der Waals surface area contributed by atoms with Gasteiger partial charge in [0.15, 0.2) is 0 Å². The molecule has 1 amide bonds. The molecule has 0 saturated heterocycles. The summed E-state index contributed by atoms with van der Waals surface area (Å²) in [4.78, 5) is 12.5. The van der Waals surface area contributed by atoms with Crippen LogP contribution in [0.15, 0.2) is 47.4 Å². The molecular formula is C17H20N2O5S. The smallest absolute Gasteiger partial charge is 0.258 e. The number of nitrogens with one attached hydrogen (secondary N) is 1. The highest BCUT2D eigenvalue weighted by Crippen LogP contribution is 2.27. The van der Waals surface area contributed by atoms with E-state index in [1.807, 2.05) is 0 Å². The molecule has 0 heterocycles. The van der Waals surface area contributed by atoms with Crippen molar-refractivity contribution in [2.45, 2.75) is 11.3 Å². The van der Waals surface area contributed by atoms with Crippen LogP contribution in [0.1, 0.15) is 15.9 Å². The summed E-state index contributed by atoms with van der Waals surface area (Å²) in [6.45, 7) is 0.370. The van der Waals surface area contributed by atoms with Crippen LogP contribution in [-0.4, -0.2) is 35.1 Å². The van der Waals surface area contributed by atoms with Crippen molar-refractivity contribution < 1.29 is 22.7 Å². The number of methoxy groups -OCH3 is 2. The molecule has 0 aliphatic carbocycles. The molecule has 0 aromatic heterocycles. The number of benzene rings is 2. The number of hydrogen-bond donors (Lipinski definition) is 2. The van der Waals surface area contributed by atoms with Crippen molar-refractivity contribution in [3.05, 3.63) is 53.6 Å². The number of rotatable bonds is 7. The summed E-state index contributed by atoms with van der Waals surface area (Å²) in [5, 5.41) is 7.86. The molecule has 134 valence electrons. The normalized spacial score (nSPS) is 11.0. The van der Waals surface area contributed by atoms with Crippen LogP contribution in [0.25, 0.3) is 0 Å². The Labute approximate surface area is 146 Å². The van der Waals surface area contributed by atoms with Crippen LogP contribution < -0.4 is 19.9 Å². The van der Waals surface area contributed by atoms with E-state index in [1.165, 1.54) is 26.4 Å². The quantitative estimate of drug-likeness (QED) is 0.770. The van der Waals surface area contributed by atoms with Crippen molar-refractivity contribution >= 4 is 15.9 Å². The maximum absolute atomic E-state index is 12.4. The molecule has 0 fully saturated rings. The molecule has 0 aliphatic rings. The number of nitrogens with two attached hydrogens (primary N) is 1. The minimum absolute atomic E-state index is 0.0547. The zero-order valence-electron chi connectivity index (χ0n) is 14.0. The Morgan fingerprint density at radius 1 is 1.04 bits per heavy atom. The van der Waals surface area contributed by atoms with Gasteiger partial charge in [-0.25, -0.2) is 13.6 Å². The number of carbonyl (C=O) groups is 1. The number of primary sulfonamides is 1. The number of ether oxygens (including phenoxy) is 2. The maximum atomic E-state index is 12.4.